The molecule has 4 nitrogen and oxygen atoms in total. The average molecular weight is 235 g/mol. The zero-order valence-electron chi connectivity index (χ0n) is 10.2. The number of pyridine rings is 1. The van der Waals surface area contributed by atoms with Crippen molar-refractivity contribution >= 4 is 5.97 Å². The van der Waals surface area contributed by atoms with Gasteiger partial charge in [0.15, 0.2) is 0 Å². The van der Waals surface area contributed by atoms with Gasteiger partial charge in [0.1, 0.15) is 5.56 Å². The van der Waals surface area contributed by atoms with Crippen molar-refractivity contribution in [1.29, 1.82) is 0 Å². The van der Waals surface area contributed by atoms with Gasteiger partial charge in [-0.05, 0) is 43.7 Å². The van der Waals surface area contributed by atoms with E-state index < -0.39 is 5.97 Å². The summed E-state index contributed by atoms with van der Waals surface area (Å²) in [6.45, 7) is 4.19. The van der Waals surface area contributed by atoms with Crippen LogP contribution in [0.3, 0.4) is 0 Å². The predicted molar refractivity (Wildman–Crippen MR) is 64.2 cm³/mol. The summed E-state index contributed by atoms with van der Waals surface area (Å²) in [5.41, 5.74) is 1.84. The summed E-state index contributed by atoms with van der Waals surface area (Å²) in [6.07, 6.45) is 2.88. The Bertz CT molecular complexity index is 490. The van der Waals surface area contributed by atoms with Gasteiger partial charge >= 0.3 is 5.97 Å². The third-order valence-electron chi connectivity index (χ3n) is 3.17. The molecule has 17 heavy (non-hydrogen) atoms. The summed E-state index contributed by atoms with van der Waals surface area (Å²) in [7, 11) is 0. The van der Waals surface area contributed by atoms with Crippen LogP contribution >= 0.6 is 0 Å². The number of rotatable bonds is 2. The molecule has 1 N–H and O–H groups in total. The van der Waals surface area contributed by atoms with E-state index in [0.717, 1.165) is 30.5 Å². The van der Waals surface area contributed by atoms with E-state index in [4.69, 9.17) is 4.74 Å². The van der Waals surface area contributed by atoms with Crippen LogP contribution in [0.5, 0.6) is 0 Å². The molecular weight excluding hydrogens is 218 g/mol. The number of aromatic amines is 1. The zero-order chi connectivity index (χ0) is 12.4. The zero-order valence-corrected chi connectivity index (χ0v) is 10.2. The Balaban J connectivity index is 2.39. The van der Waals surface area contributed by atoms with Gasteiger partial charge in [0.2, 0.25) is 0 Å². The van der Waals surface area contributed by atoms with E-state index >= 15 is 0 Å². The fourth-order valence-electron chi connectivity index (χ4n) is 2.25. The molecule has 0 unspecified atom stereocenters. The maximum atomic E-state index is 11.7. The smallest absolute Gasteiger partial charge is 0.343 e. The molecule has 1 aromatic rings. The maximum Gasteiger partial charge on any atom is 0.343 e. The minimum atomic E-state index is -0.533. The number of carbonyl (C=O) groups is 1. The summed E-state index contributed by atoms with van der Waals surface area (Å²) in [6, 6.07) is 1.70. The SMILES string of the molecule is CCOC(=O)c1cc2c([nH]c1=O)CC[C@@H](C)C2. The predicted octanol–water partition coefficient (Wildman–Crippen LogP) is 1.68. The molecule has 0 aliphatic heterocycles. The number of hydrogen-bond donors (Lipinski definition) is 1. The topological polar surface area (TPSA) is 59.2 Å². The van der Waals surface area contributed by atoms with Gasteiger partial charge in [0.05, 0.1) is 6.61 Å². The Morgan fingerprint density at radius 3 is 3.06 bits per heavy atom. The molecule has 0 saturated heterocycles. The van der Waals surface area contributed by atoms with Crippen molar-refractivity contribution in [2.24, 2.45) is 5.92 Å². The normalized spacial score (nSPS) is 18.6. The first kappa shape index (κ1) is 11.9. The van der Waals surface area contributed by atoms with Crippen LogP contribution in [0.4, 0.5) is 0 Å². The van der Waals surface area contributed by atoms with E-state index in [1.807, 2.05) is 0 Å². The van der Waals surface area contributed by atoms with Crippen LogP contribution in [0.25, 0.3) is 0 Å². The van der Waals surface area contributed by atoms with Crippen LogP contribution in [-0.2, 0) is 17.6 Å². The van der Waals surface area contributed by atoms with E-state index in [9.17, 15) is 9.59 Å². The largest absolute Gasteiger partial charge is 0.462 e. The van der Waals surface area contributed by atoms with Crippen molar-refractivity contribution in [1.82, 2.24) is 4.98 Å². The summed E-state index contributed by atoms with van der Waals surface area (Å²) in [4.78, 5) is 26.1. The standard InChI is InChI=1S/C13H17NO3/c1-3-17-13(16)10-7-9-6-8(2)4-5-11(9)14-12(10)15/h7-8H,3-6H2,1-2H3,(H,14,15)/t8-/m1/s1. The molecule has 0 spiro atoms. The van der Waals surface area contributed by atoms with Gasteiger partial charge < -0.3 is 9.72 Å². The molecular formula is C13H17NO3. The molecule has 4 heteroatoms. The Hall–Kier alpha value is -1.58. The van der Waals surface area contributed by atoms with Crippen molar-refractivity contribution in [3.05, 3.63) is 33.2 Å². The number of hydrogen-bond acceptors (Lipinski definition) is 3. The first-order valence-corrected chi connectivity index (χ1v) is 6.04. The number of fused-ring (bicyclic) bond motifs is 1. The summed E-state index contributed by atoms with van der Waals surface area (Å²) in [5, 5.41) is 0. The summed E-state index contributed by atoms with van der Waals surface area (Å²) >= 11 is 0. The summed E-state index contributed by atoms with van der Waals surface area (Å²) < 4.78 is 4.87. The van der Waals surface area contributed by atoms with E-state index in [2.05, 4.69) is 11.9 Å². The molecule has 0 aromatic carbocycles. The molecule has 92 valence electrons. The Kier molecular flexibility index (Phi) is 3.31. The van der Waals surface area contributed by atoms with Gasteiger partial charge in [-0.25, -0.2) is 4.79 Å². The van der Waals surface area contributed by atoms with Gasteiger partial charge in [0, 0.05) is 5.69 Å². The van der Waals surface area contributed by atoms with Crippen LogP contribution in [0.2, 0.25) is 0 Å². The van der Waals surface area contributed by atoms with E-state index in [-0.39, 0.29) is 17.7 Å². The number of nitrogens with one attached hydrogen (secondary N) is 1. The van der Waals surface area contributed by atoms with Gasteiger partial charge in [-0.2, -0.15) is 0 Å². The molecule has 1 heterocycles. The van der Waals surface area contributed by atoms with Crippen LogP contribution in [0.1, 0.15) is 41.9 Å². The number of H-pyrrole nitrogens is 1. The lowest BCUT2D eigenvalue weighted by atomic mass is 9.87. The minimum Gasteiger partial charge on any atom is -0.462 e. The molecule has 1 aliphatic rings. The van der Waals surface area contributed by atoms with Crippen molar-refractivity contribution < 1.29 is 9.53 Å². The van der Waals surface area contributed by atoms with Crippen LogP contribution in [-0.4, -0.2) is 17.6 Å². The third-order valence-corrected chi connectivity index (χ3v) is 3.17. The maximum absolute atomic E-state index is 11.7. The van der Waals surface area contributed by atoms with Crippen molar-refractivity contribution in [2.75, 3.05) is 6.61 Å². The fourth-order valence-corrected chi connectivity index (χ4v) is 2.25. The van der Waals surface area contributed by atoms with Crippen LogP contribution < -0.4 is 5.56 Å². The lowest BCUT2D eigenvalue weighted by Crippen LogP contribution is -2.25. The highest BCUT2D eigenvalue weighted by Gasteiger charge is 2.20. The lowest BCUT2D eigenvalue weighted by Gasteiger charge is -2.21. The van der Waals surface area contributed by atoms with Gasteiger partial charge in [-0.15, -0.1) is 0 Å². The monoisotopic (exact) mass is 235 g/mol. The molecule has 1 aromatic heterocycles. The number of carbonyl (C=O) groups excluding carboxylic acids is 1. The molecule has 0 bridgehead atoms. The second-order valence-corrected chi connectivity index (χ2v) is 4.58. The molecule has 1 atom stereocenters. The molecule has 0 saturated carbocycles. The highest BCUT2D eigenvalue weighted by Crippen LogP contribution is 2.23. The van der Waals surface area contributed by atoms with E-state index in [1.54, 1.807) is 13.0 Å². The summed E-state index contributed by atoms with van der Waals surface area (Å²) in [5.74, 6) is 0.0678. The van der Waals surface area contributed by atoms with Gasteiger partial charge in [-0.1, -0.05) is 6.92 Å². The fraction of sp³-hybridized carbons (Fsp3) is 0.538. The molecule has 2 rings (SSSR count). The quantitative estimate of drug-likeness (QED) is 0.793. The Morgan fingerprint density at radius 1 is 1.59 bits per heavy atom. The average Bonchev–Trinajstić information content (AvgIpc) is 2.29. The second-order valence-electron chi connectivity index (χ2n) is 4.58. The molecule has 0 radical (unpaired) electrons. The molecule has 0 amide bonds. The Labute approximate surface area is 100 Å². The van der Waals surface area contributed by atoms with Gasteiger partial charge in [0.25, 0.3) is 5.56 Å². The first-order chi connectivity index (χ1) is 8.11. The second kappa shape index (κ2) is 4.73. The third kappa shape index (κ3) is 2.40. The van der Waals surface area contributed by atoms with Crippen LogP contribution in [0, 0.1) is 5.92 Å². The van der Waals surface area contributed by atoms with Crippen LogP contribution in [0.15, 0.2) is 10.9 Å². The lowest BCUT2D eigenvalue weighted by molar-refractivity contribution is 0.0524. The highest BCUT2D eigenvalue weighted by molar-refractivity contribution is 5.89. The van der Waals surface area contributed by atoms with Gasteiger partial charge in [-0.3, -0.25) is 4.79 Å². The van der Waals surface area contributed by atoms with Crippen molar-refractivity contribution in [2.45, 2.75) is 33.1 Å². The minimum absolute atomic E-state index is 0.125. The number of ether oxygens (including phenoxy) is 1. The van der Waals surface area contributed by atoms with E-state index in [1.165, 1.54) is 0 Å². The number of esters is 1. The highest BCUT2D eigenvalue weighted by atomic mass is 16.5. The van der Waals surface area contributed by atoms with E-state index in [0.29, 0.717) is 5.92 Å². The number of aryl methyl sites for hydroxylation is 1. The Morgan fingerprint density at radius 2 is 2.35 bits per heavy atom. The van der Waals surface area contributed by atoms with Crippen molar-refractivity contribution in [3.8, 4) is 0 Å². The first-order valence-electron chi connectivity index (χ1n) is 6.04. The molecule has 1 aliphatic carbocycles. The van der Waals surface area contributed by atoms with Crippen molar-refractivity contribution in [3.63, 3.8) is 0 Å². The molecule has 0 fully saturated rings. The number of aromatic nitrogens is 1.